The summed E-state index contributed by atoms with van der Waals surface area (Å²) >= 11 is 0. The number of amides is 2. The fraction of sp³-hybridized carbons (Fsp3) is 0.440. The number of methoxy groups -OCH3 is 1. The third-order valence-corrected chi connectivity index (χ3v) is 5.07. The second-order valence-corrected chi connectivity index (χ2v) is 7.80. The van der Waals surface area contributed by atoms with Crippen molar-refractivity contribution in [3.63, 3.8) is 0 Å². The zero-order chi connectivity index (χ0) is 22.8. The van der Waals surface area contributed by atoms with Gasteiger partial charge in [-0.2, -0.15) is 0 Å². The molecule has 168 valence electrons. The van der Waals surface area contributed by atoms with Crippen molar-refractivity contribution in [2.75, 3.05) is 20.3 Å². The van der Waals surface area contributed by atoms with Crippen LogP contribution < -0.4 is 14.8 Å². The van der Waals surface area contributed by atoms with Gasteiger partial charge >= 0.3 is 0 Å². The second kappa shape index (κ2) is 12.0. The van der Waals surface area contributed by atoms with E-state index in [0.29, 0.717) is 18.8 Å². The van der Waals surface area contributed by atoms with E-state index in [1.54, 1.807) is 18.9 Å². The molecule has 2 aromatic carbocycles. The molecule has 0 aliphatic rings. The molecule has 0 aliphatic heterocycles. The van der Waals surface area contributed by atoms with Gasteiger partial charge in [-0.25, -0.2) is 0 Å². The van der Waals surface area contributed by atoms with E-state index in [-0.39, 0.29) is 18.4 Å². The van der Waals surface area contributed by atoms with Crippen molar-refractivity contribution in [3.05, 3.63) is 59.2 Å². The van der Waals surface area contributed by atoms with Gasteiger partial charge in [-0.1, -0.05) is 31.5 Å². The maximum Gasteiger partial charge on any atom is 0.261 e. The van der Waals surface area contributed by atoms with Gasteiger partial charge in [0.25, 0.3) is 5.91 Å². The summed E-state index contributed by atoms with van der Waals surface area (Å²) in [5, 5.41) is 2.92. The Labute approximate surface area is 185 Å². The largest absolute Gasteiger partial charge is 0.497 e. The van der Waals surface area contributed by atoms with Crippen molar-refractivity contribution in [3.8, 4) is 11.5 Å². The standard InChI is InChI=1S/C25H34N2O4/c1-6-7-12-26-25(29)20(4)27(16-21-8-10-22(30-5)11-9-21)24(28)17-31-23-14-18(2)13-19(3)15-23/h8-11,13-15,20H,6-7,12,16-17H2,1-5H3,(H,26,29). The summed E-state index contributed by atoms with van der Waals surface area (Å²) in [4.78, 5) is 27.3. The molecular formula is C25H34N2O4. The molecule has 2 amide bonds. The van der Waals surface area contributed by atoms with Crippen LogP contribution in [0.1, 0.15) is 43.4 Å². The van der Waals surface area contributed by atoms with Crippen molar-refractivity contribution in [2.45, 2.75) is 53.1 Å². The molecular weight excluding hydrogens is 392 g/mol. The molecule has 0 bridgehead atoms. The monoisotopic (exact) mass is 426 g/mol. The first-order valence-corrected chi connectivity index (χ1v) is 10.7. The Hall–Kier alpha value is -3.02. The lowest BCUT2D eigenvalue weighted by Gasteiger charge is -2.29. The van der Waals surface area contributed by atoms with Gasteiger partial charge in [0.15, 0.2) is 6.61 Å². The number of hydrogen-bond acceptors (Lipinski definition) is 4. The minimum atomic E-state index is -0.616. The summed E-state index contributed by atoms with van der Waals surface area (Å²) in [6.45, 7) is 8.57. The van der Waals surface area contributed by atoms with Gasteiger partial charge in [-0.05, 0) is 68.1 Å². The van der Waals surface area contributed by atoms with Crippen LogP contribution in [0.3, 0.4) is 0 Å². The molecule has 6 heteroatoms. The molecule has 6 nitrogen and oxygen atoms in total. The fourth-order valence-corrected chi connectivity index (χ4v) is 3.29. The van der Waals surface area contributed by atoms with Crippen LogP contribution >= 0.6 is 0 Å². The lowest BCUT2D eigenvalue weighted by Crippen LogP contribution is -2.49. The van der Waals surface area contributed by atoms with Gasteiger partial charge in [0, 0.05) is 13.1 Å². The van der Waals surface area contributed by atoms with Crippen LogP contribution in [0.25, 0.3) is 0 Å². The van der Waals surface area contributed by atoms with Crippen LogP contribution in [0.4, 0.5) is 0 Å². The van der Waals surface area contributed by atoms with Gasteiger partial charge in [0.05, 0.1) is 7.11 Å². The molecule has 1 N–H and O–H groups in total. The number of aryl methyl sites for hydroxylation is 2. The number of rotatable bonds is 11. The van der Waals surface area contributed by atoms with Crippen molar-refractivity contribution in [1.29, 1.82) is 0 Å². The maximum absolute atomic E-state index is 13.1. The first kappa shape index (κ1) is 24.3. The van der Waals surface area contributed by atoms with E-state index in [1.165, 1.54) is 0 Å². The average molecular weight is 427 g/mol. The van der Waals surface area contributed by atoms with Crippen LogP contribution in [0, 0.1) is 13.8 Å². The molecule has 0 heterocycles. The number of hydrogen-bond donors (Lipinski definition) is 1. The molecule has 0 aromatic heterocycles. The number of ether oxygens (including phenoxy) is 2. The highest BCUT2D eigenvalue weighted by Gasteiger charge is 2.26. The Morgan fingerprint density at radius 2 is 1.68 bits per heavy atom. The Balaban J connectivity index is 2.13. The molecule has 0 saturated carbocycles. The SMILES string of the molecule is CCCCNC(=O)C(C)N(Cc1ccc(OC)cc1)C(=O)COc1cc(C)cc(C)c1. The number of benzene rings is 2. The normalized spacial score (nSPS) is 11.5. The van der Waals surface area contributed by atoms with Crippen molar-refractivity contribution < 1.29 is 19.1 Å². The topological polar surface area (TPSA) is 67.9 Å². The molecule has 31 heavy (non-hydrogen) atoms. The zero-order valence-corrected chi connectivity index (χ0v) is 19.2. The van der Waals surface area contributed by atoms with Gasteiger partial charge in [-0.15, -0.1) is 0 Å². The van der Waals surface area contributed by atoms with E-state index in [4.69, 9.17) is 9.47 Å². The quantitative estimate of drug-likeness (QED) is 0.551. The molecule has 0 fully saturated rings. The lowest BCUT2D eigenvalue weighted by molar-refractivity contribution is -0.142. The molecule has 1 unspecified atom stereocenters. The van der Waals surface area contributed by atoms with E-state index < -0.39 is 6.04 Å². The fourth-order valence-electron chi connectivity index (χ4n) is 3.29. The molecule has 0 radical (unpaired) electrons. The van der Waals surface area contributed by atoms with E-state index in [0.717, 1.165) is 35.3 Å². The Morgan fingerprint density at radius 3 is 2.26 bits per heavy atom. The molecule has 2 aromatic rings. The smallest absolute Gasteiger partial charge is 0.261 e. The number of unbranched alkanes of at least 4 members (excludes halogenated alkanes) is 1. The predicted molar refractivity (Wildman–Crippen MR) is 122 cm³/mol. The van der Waals surface area contributed by atoms with Gasteiger partial charge in [0.2, 0.25) is 5.91 Å². The summed E-state index contributed by atoms with van der Waals surface area (Å²) in [6.07, 6.45) is 1.90. The number of nitrogens with zero attached hydrogens (tertiary/aromatic N) is 1. The van der Waals surface area contributed by atoms with Gasteiger partial charge in [0.1, 0.15) is 17.5 Å². The molecule has 0 aliphatic carbocycles. The van der Waals surface area contributed by atoms with Crippen molar-refractivity contribution in [2.24, 2.45) is 0 Å². The molecule has 2 rings (SSSR count). The van der Waals surface area contributed by atoms with Crippen LogP contribution in [0.5, 0.6) is 11.5 Å². The Morgan fingerprint density at radius 1 is 1.03 bits per heavy atom. The van der Waals surface area contributed by atoms with E-state index in [2.05, 4.69) is 12.2 Å². The van der Waals surface area contributed by atoms with E-state index >= 15 is 0 Å². The highest BCUT2D eigenvalue weighted by atomic mass is 16.5. The minimum Gasteiger partial charge on any atom is -0.497 e. The second-order valence-electron chi connectivity index (χ2n) is 7.80. The van der Waals surface area contributed by atoms with Crippen LogP contribution in [0.15, 0.2) is 42.5 Å². The average Bonchev–Trinajstić information content (AvgIpc) is 2.75. The van der Waals surface area contributed by atoms with Crippen LogP contribution in [-0.2, 0) is 16.1 Å². The molecule has 0 spiro atoms. The Bertz CT molecular complexity index is 844. The van der Waals surface area contributed by atoms with Crippen molar-refractivity contribution in [1.82, 2.24) is 10.2 Å². The summed E-state index contributed by atoms with van der Waals surface area (Å²) in [7, 11) is 1.61. The zero-order valence-electron chi connectivity index (χ0n) is 19.2. The summed E-state index contributed by atoms with van der Waals surface area (Å²) in [6, 6.07) is 12.7. The van der Waals surface area contributed by atoms with Crippen LogP contribution in [-0.4, -0.2) is 43.0 Å². The van der Waals surface area contributed by atoms with E-state index in [1.807, 2.05) is 56.3 Å². The van der Waals surface area contributed by atoms with E-state index in [9.17, 15) is 9.59 Å². The Kier molecular flexibility index (Phi) is 9.38. The lowest BCUT2D eigenvalue weighted by atomic mass is 10.1. The number of carbonyl (C=O) groups is 2. The maximum atomic E-state index is 13.1. The number of nitrogens with one attached hydrogen (secondary N) is 1. The highest BCUT2D eigenvalue weighted by Crippen LogP contribution is 2.18. The molecule has 1 atom stereocenters. The first-order chi connectivity index (χ1) is 14.8. The molecule has 0 saturated heterocycles. The van der Waals surface area contributed by atoms with Gasteiger partial charge in [-0.3, -0.25) is 9.59 Å². The minimum absolute atomic E-state index is 0.133. The summed E-state index contributed by atoms with van der Waals surface area (Å²) in [5.74, 6) is 0.982. The predicted octanol–water partition coefficient (Wildman–Crippen LogP) is 4.02. The van der Waals surface area contributed by atoms with Gasteiger partial charge < -0.3 is 19.7 Å². The summed E-state index contributed by atoms with van der Waals surface area (Å²) in [5.41, 5.74) is 3.05. The number of carbonyl (C=O) groups excluding carboxylic acids is 2. The highest BCUT2D eigenvalue weighted by molar-refractivity contribution is 5.87. The summed E-state index contributed by atoms with van der Waals surface area (Å²) < 4.78 is 11.0. The third kappa shape index (κ3) is 7.63. The van der Waals surface area contributed by atoms with Crippen LogP contribution in [0.2, 0.25) is 0 Å². The first-order valence-electron chi connectivity index (χ1n) is 10.7. The van der Waals surface area contributed by atoms with Crippen molar-refractivity contribution >= 4 is 11.8 Å². The third-order valence-electron chi connectivity index (χ3n) is 5.07.